The number of rotatable bonds is 33. The number of esters is 1. The van der Waals surface area contributed by atoms with Gasteiger partial charge in [-0.3, -0.25) is 28.8 Å². The van der Waals surface area contributed by atoms with Crippen LogP contribution in [0.2, 0.25) is 0 Å². The minimum atomic E-state index is -2.03. The van der Waals surface area contributed by atoms with Gasteiger partial charge in [0.25, 0.3) is 5.91 Å². The van der Waals surface area contributed by atoms with E-state index in [-0.39, 0.29) is 72.9 Å². The van der Waals surface area contributed by atoms with Gasteiger partial charge in [0.2, 0.25) is 17.7 Å². The third-order valence-electron chi connectivity index (χ3n) is 20.4. The van der Waals surface area contributed by atoms with Crippen molar-refractivity contribution in [3.05, 3.63) is 40.3 Å². The number of hydrogen-bond acceptors (Lipinski definition) is 23. The summed E-state index contributed by atoms with van der Waals surface area (Å²) in [6.07, 6.45) is -4.98. The highest BCUT2D eigenvalue weighted by molar-refractivity contribution is 8.76. The maximum atomic E-state index is 14.5. The van der Waals surface area contributed by atoms with Crippen molar-refractivity contribution in [2.45, 2.75) is 260 Å². The van der Waals surface area contributed by atoms with Crippen molar-refractivity contribution in [3.8, 4) is 0 Å². The Kier molecular flexibility index (Phi) is 33.1. The number of fused-ring (bicyclic) bond motifs is 1. The number of aliphatic hydroxyl groups excluding tert-OH is 3. The number of hydrogen-bond donors (Lipinski definition) is 10. The summed E-state index contributed by atoms with van der Waals surface area (Å²) in [7, 11) is 7.83. The first-order valence-electron chi connectivity index (χ1n) is 35.0. The SMILES string of the molecule is CC[C@H]1OC(=O)[C@H](C)[C@@H](O[C@H]2C[C@@](C)(OC)[C@@H](O)[C@H](C)O2)[C@H](C)[C@@H](O[C@@H]2O[C@H](C)C[C@H](N(C)CCCNC(=O)CCSSCCNC(=O)C(CCCCNC(=O)CCCCC3SCC4NC(=O)NC43)NC(=O)c3ccc(N=[N+]=[N-])cc3)[C@H]2O)[C@](C)(OC)C[C@@H](C)C(=O)[C@H](C)[C@@H](O)[C@]1(C)O. The number of azide groups is 1. The van der Waals surface area contributed by atoms with Crippen molar-refractivity contribution in [2.75, 3.05) is 64.7 Å². The Morgan fingerprint density at radius 2 is 1.51 bits per heavy atom. The molecular weight excluding hydrogens is 1340 g/mol. The first-order valence-corrected chi connectivity index (χ1v) is 38.6. The van der Waals surface area contributed by atoms with E-state index in [4.69, 9.17) is 38.7 Å². The van der Waals surface area contributed by atoms with Crippen LogP contribution in [0.1, 0.15) is 163 Å². The molecule has 5 saturated heterocycles. The lowest BCUT2D eigenvalue weighted by Gasteiger charge is -2.50. The molecule has 5 aliphatic heterocycles. The molecule has 1 aromatic carbocycles. The normalized spacial score (nSPS) is 34.7. The number of nitrogens with zero attached hydrogens (tertiary/aromatic N) is 4. The van der Waals surface area contributed by atoms with E-state index >= 15 is 0 Å². The zero-order chi connectivity index (χ0) is 72.9. The third kappa shape index (κ3) is 23.2. The molecule has 6 rings (SSSR count). The molecule has 5 heterocycles. The second-order valence-electron chi connectivity index (χ2n) is 28.0. The summed E-state index contributed by atoms with van der Waals surface area (Å²) in [5, 5.41) is 68.5. The van der Waals surface area contributed by atoms with Crippen LogP contribution in [-0.2, 0) is 57.1 Å². The summed E-state index contributed by atoms with van der Waals surface area (Å²) < 4.78 is 44.8. The fourth-order valence-electron chi connectivity index (χ4n) is 14.2. The number of carbonyl (C=O) groups excluding carboxylic acids is 7. The quantitative estimate of drug-likeness (QED) is 0.00738. The van der Waals surface area contributed by atoms with Gasteiger partial charge in [0.1, 0.15) is 35.7 Å². The first kappa shape index (κ1) is 83.4. The number of carbonyl (C=O) groups is 7. The van der Waals surface area contributed by atoms with Crippen LogP contribution < -0.4 is 31.9 Å². The first-order chi connectivity index (χ1) is 46.9. The second kappa shape index (κ2) is 39.3. The van der Waals surface area contributed by atoms with Crippen molar-refractivity contribution in [1.82, 2.24) is 36.8 Å². The Balaban J connectivity index is 0.983. The zero-order valence-corrected chi connectivity index (χ0v) is 62.4. The number of thioether (sulfide) groups is 1. The summed E-state index contributed by atoms with van der Waals surface area (Å²) in [6.45, 7) is 18.4. The molecule has 0 spiro atoms. The molecule has 22 atom stereocenters. The van der Waals surface area contributed by atoms with E-state index in [2.05, 4.69) is 41.9 Å². The number of likely N-dealkylation sites (N-methyl/N-ethyl adjacent to an activating group) is 1. The number of cyclic esters (lactones) is 1. The number of nitrogens with one attached hydrogen (secondary N) is 6. The van der Waals surface area contributed by atoms with E-state index in [0.29, 0.717) is 87.1 Å². The van der Waals surface area contributed by atoms with E-state index in [1.807, 2.05) is 37.6 Å². The molecule has 4 unspecified atom stereocenters. The molecule has 1 aromatic rings. The zero-order valence-electron chi connectivity index (χ0n) is 59.9. The van der Waals surface area contributed by atoms with Crippen LogP contribution in [0.4, 0.5) is 10.5 Å². The molecule has 5 aliphatic rings. The Morgan fingerprint density at radius 3 is 2.18 bits per heavy atom. The molecule has 31 heteroatoms. The maximum absolute atomic E-state index is 14.5. The predicted octanol–water partition coefficient (Wildman–Crippen LogP) is 5.96. The van der Waals surface area contributed by atoms with Gasteiger partial charge in [-0.1, -0.05) is 73.0 Å². The van der Waals surface area contributed by atoms with Gasteiger partial charge in [0.15, 0.2) is 12.6 Å². The van der Waals surface area contributed by atoms with Gasteiger partial charge in [0, 0.05) is 116 Å². The monoisotopic (exact) mass is 1450 g/mol. The van der Waals surface area contributed by atoms with Crippen LogP contribution >= 0.6 is 33.3 Å². The van der Waals surface area contributed by atoms with Gasteiger partial charge in [-0.25, -0.2) is 4.79 Å². The van der Waals surface area contributed by atoms with Crippen molar-refractivity contribution in [1.29, 1.82) is 0 Å². The van der Waals surface area contributed by atoms with Gasteiger partial charge < -0.3 is 90.4 Å². The average molecular weight is 1450 g/mol. The number of ketones is 1. The molecular formula is C68H112N10O18S3. The molecule has 10 N–H and O–H groups in total. The van der Waals surface area contributed by atoms with E-state index in [0.717, 1.165) is 25.0 Å². The van der Waals surface area contributed by atoms with Gasteiger partial charge in [-0.05, 0) is 131 Å². The van der Waals surface area contributed by atoms with Crippen molar-refractivity contribution in [2.24, 2.45) is 28.8 Å². The lowest BCUT2D eigenvalue weighted by molar-refractivity contribution is -0.319. The molecule has 6 amide bonds. The Bertz CT molecular complexity index is 2850. The fourth-order valence-corrected chi connectivity index (χ4v) is 17.7. The van der Waals surface area contributed by atoms with Gasteiger partial charge in [-0.2, -0.15) is 11.8 Å². The summed E-state index contributed by atoms with van der Waals surface area (Å²) in [4.78, 5) is 97.9. The maximum Gasteiger partial charge on any atom is 0.315 e. The predicted molar refractivity (Wildman–Crippen MR) is 377 cm³/mol. The fraction of sp³-hybridized carbons (Fsp3) is 0.809. The van der Waals surface area contributed by atoms with Gasteiger partial charge in [-0.15, -0.1) is 0 Å². The number of ether oxygens (including phenoxy) is 7. The largest absolute Gasteiger partial charge is 0.459 e. The molecule has 0 saturated carbocycles. The molecule has 0 aromatic heterocycles. The van der Waals surface area contributed by atoms with E-state index in [1.54, 1.807) is 41.5 Å². The number of Topliss-reactive ketones (excluding diaryl/α,β-unsaturated/α-hetero) is 1. The van der Waals surface area contributed by atoms with Crippen LogP contribution in [0, 0.1) is 23.7 Å². The lowest BCUT2D eigenvalue weighted by Crippen LogP contribution is -2.61. The number of unbranched alkanes of at least 4 members (excludes halogenated alkanes) is 2. The number of benzene rings is 1. The average Bonchev–Trinajstić information content (AvgIpc) is 1.22. The summed E-state index contributed by atoms with van der Waals surface area (Å²) in [5.41, 5.74) is 4.91. The molecule has 0 bridgehead atoms. The van der Waals surface area contributed by atoms with Crippen LogP contribution in [0.3, 0.4) is 0 Å². The number of aliphatic hydroxyl groups is 4. The lowest BCUT2D eigenvalue weighted by atomic mass is 9.74. The van der Waals surface area contributed by atoms with Crippen LogP contribution in [-0.4, -0.2) is 239 Å². The van der Waals surface area contributed by atoms with E-state index in [9.17, 15) is 54.0 Å². The molecule has 99 heavy (non-hydrogen) atoms. The molecule has 0 aliphatic carbocycles. The van der Waals surface area contributed by atoms with Crippen molar-refractivity contribution in [3.63, 3.8) is 0 Å². The summed E-state index contributed by atoms with van der Waals surface area (Å²) >= 11 is 1.85. The van der Waals surface area contributed by atoms with Crippen LogP contribution in [0.25, 0.3) is 10.4 Å². The summed E-state index contributed by atoms with van der Waals surface area (Å²) in [5.74, 6) is -4.04. The topological polar surface area (TPSA) is 389 Å². The number of urea groups is 1. The van der Waals surface area contributed by atoms with Gasteiger partial charge >= 0.3 is 12.0 Å². The van der Waals surface area contributed by atoms with Crippen molar-refractivity contribution < 1.29 is 87.1 Å². The molecule has 560 valence electrons. The Labute approximate surface area is 595 Å². The minimum Gasteiger partial charge on any atom is -0.459 e. The highest BCUT2D eigenvalue weighted by Crippen LogP contribution is 2.42. The number of methoxy groups -OCH3 is 2. The second-order valence-corrected chi connectivity index (χ2v) is 32.0. The summed E-state index contributed by atoms with van der Waals surface area (Å²) in [6, 6.07) is 4.87. The Morgan fingerprint density at radius 1 is 0.828 bits per heavy atom. The van der Waals surface area contributed by atoms with Crippen LogP contribution in [0.15, 0.2) is 29.4 Å². The minimum absolute atomic E-state index is 0.0285. The van der Waals surface area contributed by atoms with E-state index in [1.165, 1.54) is 73.9 Å². The molecule has 28 nitrogen and oxygen atoms in total. The van der Waals surface area contributed by atoms with Gasteiger partial charge in [0.05, 0.1) is 59.7 Å². The Hall–Kier alpha value is -4.57. The molecule has 0 radical (unpaired) electrons. The highest BCUT2D eigenvalue weighted by atomic mass is 33.1. The highest BCUT2D eigenvalue weighted by Gasteiger charge is 2.54. The third-order valence-corrected chi connectivity index (χ3v) is 24.3. The van der Waals surface area contributed by atoms with Crippen LogP contribution in [0.5, 0.6) is 0 Å². The smallest absolute Gasteiger partial charge is 0.315 e. The van der Waals surface area contributed by atoms with E-state index < -0.39 is 126 Å². The molecule has 5 fully saturated rings. The number of amides is 6. The van der Waals surface area contributed by atoms with Crippen molar-refractivity contribution >= 4 is 80.4 Å². The standard InChI is InChI=1S/C68H112N10O18S3/c1-14-50-68(10,89)58(83)40(4)55(81)38(2)35-67(9,91-13)60(41(5)57(42(6)63(87)94-50)95-53-36-66(8,90-12)59(84)43(7)93-53)96-64-56(82)48(34-39(3)92-64)78(11)31-19-29-71-52(80)27-32-98-99-33-30-72-62(86)46(73-61(85)44-23-25-45(26-24-44)76-77-69)20-17-18-28-70-51(79)22-16-15-21-49-54-47(37-97-49)74-65(88)75-54/h23-26,38-43,46-50,53-54,56-60,64,82-84,89H,14-22,27-37H2,1-13H3,(H,70,79)(H,71,80)(H,72,86)(H,73,85)(H2,74,75,88)/t38-,39-,40+,41+,42-,43+,46?,47?,48+,49?,50-,53+,54?,56-,57+,58-,59+,60-,64+,66-,67-,68-/m1/s1.